The molecule has 19 heavy (non-hydrogen) atoms. The van der Waals surface area contributed by atoms with Crippen molar-refractivity contribution in [1.29, 1.82) is 0 Å². The zero-order valence-corrected chi connectivity index (χ0v) is 10.0. The third kappa shape index (κ3) is 1.96. The Labute approximate surface area is 109 Å². The van der Waals surface area contributed by atoms with Gasteiger partial charge in [-0.1, -0.05) is 24.3 Å². The van der Waals surface area contributed by atoms with Crippen molar-refractivity contribution in [3.05, 3.63) is 59.7 Å². The number of para-hydroxylation sites is 1. The van der Waals surface area contributed by atoms with Crippen molar-refractivity contribution < 1.29 is 19.7 Å². The van der Waals surface area contributed by atoms with Crippen LogP contribution in [0.5, 0.6) is 11.5 Å². The van der Waals surface area contributed by atoms with E-state index in [0.717, 1.165) is 0 Å². The van der Waals surface area contributed by atoms with E-state index in [2.05, 4.69) is 0 Å². The third-order valence-corrected chi connectivity index (χ3v) is 3.16. The molecule has 1 aliphatic rings. The molecule has 1 heterocycles. The maximum atomic E-state index is 12.1. The number of ketones is 1. The maximum absolute atomic E-state index is 12.1. The molecule has 0 saturated carbocycles. The van der Waals surface area contributed by atoms with Crippen LogP contribution in [-0.4, -0.2) is 16.0 Å². The summed E-state index contributed by atoms with van der Waals surface area (Å²) in [5.41, 5.74) is 0.822. The molecule has 1 atom stereocenters. The molecule has 4 nitrogen and oxygen atoms in total. The van der Waals surface area contributed by atoms with Gasteiger partial charge in [-0.15, -0.1) is 0 Å². The molecule has 0 amide bonds. The molecular formula is C15H12O4. The SMILES string of the molecule is O=C1CC(O)(c2cccc(O)c2)Oc2ccccc21. The lowest BCUT2D eigenvalue weighted by atomic mass is 9.93. The fraction of sp³-hybridized carbons (Fsp3) is 0.133. The standard InChI is InChI=1S/C15H12O4/c16-11-5-3-4-10(8-11)15(18)9-13(17)12-6-1-2-7-14(12)19-15/h1-8,16,18H,9H2. The van der Waals surface area contributed by atoms with Gasteiger partial charge in [-0.25, -0.2) is 0 Å². The first-order chi connectivity index (χ1) is 9.08. The van der Waals surface area contributed by atoms with Gasteiger partial charge in [0.05, 0.1) is 12.0 Å². The minimum atomic E-state index is -1.73. The first-order valence-corrected chi connectivity index (χ1v) is 5.92. The van der Waals surface area contributed by atoms with E-state index in [1.165, 1.54) is 12.1 Å². The predicted octanol–water partition coefficient (Wildman–Crippen LogP) is 2.20. The van der Waals surface area contributed by atoms with E-state index < -0.39 is 5.79 Å². The number of benzene rings is 2. The normalized spacial score (nSPS) is 21.6. The van der Waals surface area contributed by atoms with Gasteiger partial charge >= 0.3 is 0 Å². The first kappa shape index (κ1) is 11.7. The summed E-state index contributed by atoms with van der Waals surface area (Å²) in [6, 6.07) is 12.9. The molecule has 0 radical (unpaired) electrons. The summed E-state index contributed by atoms with van der Waals surface area (Å²) in [7, 11) is 0. The zero-order valence-electron chi connectivity index (χ0n) is 10.0. The van der Waals surface area contributed by atoms with Crippen LogP contribution in [0.4, 0.5) is 0 Å². The molecule has 0 bridgehead atoms. The van der Waals surface area contributed by atoms with Gasteiger partial charge in [0.15, 0.2) is 5.78 Å². The molecule has 2 aromatic carbocycles. The number of fused-ring (bicyclic) bond motifs is 1. The highest BCUT2D eigenvalue weighted by molar-refractivity contribution is 6.00. The molecule has 0 spiro atoms. The second-order valence-electron chi connectivity index (χ2n) is 4.53. The summed E-state index contributed by atoms with van der Waals surface area (Å²) >= 11 is 0. The van der Waals surface area contributed by atoms with Crippen molar-refractivity contribution >= 4 is 5.78 Å². The Morgan fingerprint density at radius 1 is 1.11 bits per heavy atom. The average molecular weight is 256 g/mol. The van der Waals surface area contributed by atoms with E-state index in [0.29, 0.717) is 16.9 Å². The number of hydrogen-bond donors (Lipinski definition) is 2. The third-order valence-electron chi connectivity index (χ3n) is 3.16. The number of carbonyl (C=O) groups excluding carboxylic acids is 1. The van der Waals surface area contributed by atoms with Crippen LogP contribution < -0.4 is 4.74 Å². The van der Waals surface area contributed by atoms with Crippen LogP contribution in [0.3, 0.4) is 0 Å². The van der Waals surface area contributed by atoms with E-state index in [1.807, 2.05) is 0 Å². The van der Waals surface area contributed by atoms with Gasteiger partial charge in [0, 0.05) is 5.56 Å². The Morgan fingerprint density at radius 3 is 2.68 bits per heavy atom. The molecule has 96 valence electrons. The summed E-state index contributed by atoms with van der Waals surface area (Å²) in [6.07, 6.45) is -0.173. The highest BCUT2D eigenvalue weighted by Gasteiger charge is 2.40. The highest BCUT2D eigenvalue weighted by Crippen LogP contribution is 2.38. The molecule has 2 aromatic rings. The number of aromatic hydroxyl groups is 1. The van der Waals surface area contributed by atoms with Crippen LogP contribution in [-0.2, 0) is 5.79 Å². The lowest BCUT2D eigenvalue weighted by molar-refractivity contribution is -0.147. The van der Waals surface area contributed by atoms with Crippen LogP contribution in [0.1, 0.15) is 22.3 Å². The lowest BCUT2D eigenvalue weighted by Gasteiger charge is -2.33. The number of hydrogen-bond acceptors (Lipinski definition) is 4. The number of phenols is 1. The second kappa shape index (κ2) is 4.10. The molecule has 4 heteroatoms. The van der Waals surface area contributed by atoms with E-state index in [4.69, 9.17) is 4.74 Å². The molecular weight excluding hydrogens is 244 g/mol. The zero-order chi connectivity index (χ0) is 13.5. The summed E-state index contributed by atoms with van der Waals surface area (Å²) < 4.78 is 5.55. The van der Waals surface area contributed by atoms with Crippen molar-refractivity contribution in [2.24, 2.45) is 0 Å². The Morgan fingerprint density at radius 2 is 1.89 bits per heavy atom. The molecule has 1 unspecified atom stereocenters. The number of Topliss-reactive ketones (excluding diaryl/α,β-unsaturated/α-hetero) is 1. The summed E-state index contributed by atoms with van der Waals surface area (Å²) in [5.74, 6) is -1.55. The molecule has 0 fully saturated rings. The van der Waals surface area contributed by atoms with E-state index in [1.54, 1.807) is 36.4 Å². The number of rotatable bonds is 1. The molecule has 2 N–H and O–H groups in total. The summed E-state index contributed by atoms with van der Waals surface area (Å²) in [4.78, 5) is 12.1. The van der Waals surface area contributed by atoms with Crippen LogP contribution in [0.25, 0.3) is 0 Å². The fourth-order valence-electron chi connectivity index (χ4n) is 2.23. The van der Waals surface area contributed by atoms with Crippen LogP contribution in [0, 0.1) is 0 Å². The van der Waals surface area contributed by atoms with Gasteiger partial charge < -0.3 is 14.9 Å². The Kier molecular flexibility index (Phi) is 2.54. The molecule has 0 saturated heterocycles. The first-order valence-electron chi connectivity index (χ1n) is 5.92. The average Bonchev–Trinajstić information content (AvgIpc) is 2.38. The van der Waals surface area contributed by atoms with Gasteiger partial charge in [-0.2, -0.15) is 0 Å². The van der Waals surface area contributed by atoms with Crippen molar-refractivity contribution in [1.82, 2.24) is 0 Å². The minimum Gasteiger partial charge on any atom is -0.508 e. The van der Waals surface area contributed by atoms with Gasteiger partial charge in [0.1, 0.15) is 11.5 Å². The minimum absolute atomic E-state index is 0.0147. The highest BCUT2D eigenvalue weighted by atomic mass is 16.6. The van der Waals surface area contributed by atoms with Gasteiger partial charge in [-0.05, 0) is 24.3 Å². The summed E-state index contributed by atoms with van der Waals surface area (Å²) in [6.45, 7) is 0. The monoisotopic (exact) mass is 256 g/mol. The molecule has 0 aliphatic carbocycles. The Hall–Kier alpha value is -2.33. The van der Waals surface area contributed by atoms with Crippen LogP contribution in [0.15, 0.2) is 48.5 Å². The van der Waals surface area contributed by atoms with Crippen molar-refractivity contribution in [3.63, 3.8) is 0 Å². The van der Waals surface area contributed by atoms with Crippen molar-refractivity contribution in [3.8, 4) is 11.5 Å². The van der Waals surface area contributed by atoms with Crippen molar-refractivity contribution in [2.45, 2.75) is 12.2 Å². The van der Waals surface area contributed by atoms with Gasteiger partial charge in [-0.3, -0.25) is 4.79 Å². The topological polar surface area (TPSA) is 66.8 Å². The van der Waals surface area contributed by atoms with Gasteiger partial charge in [0.25, 0.3) is 0 Å². The number of aliphatic hydroxyl groups is 1. The van der Waals surface area contributed by atoms with Gasteiger partial charge in [0.2, 0.25) is 5.79 Å². The molecule has 1 aliphatic heterocycles. The number of ether oxygens (including phenoxy) is 1. The Balaban J connectivity index is 2.06. The predicted molar refractivity (Wildman–Crippen MR) is 68.0 cm³/mol. The maximum Gasteiger partial charge on any atom is 0.242 e. The fourth-order valence-corrected chi connectivity index (χ4v) is 2.23. The van der Waals surface area contributed by atoms with Crippen molar-refractivity contribution in [2.75, 3.05) is 0 Å². The largest absolute Gasteiger partial charge is 0.508 e. The second-order valence-corrected chi connectivity index (χ2v) is 4.53. The van der Waals surface area contributed by atoms with Crippen LogP contribution in [0.2, 0.25) is 0 Å². The van der Waals surface area contributed by atoms with E-state index in [9.17, 15) is 15.0 Å². The smallest absolute Gasteiger partial charge is 0.242 e. The number of phenolic OH excluding ortho intramolecular Hbond substituents is 1. The molecule has 3 rings (SSSR count). The van der Waals surface area contributed by atoms with E-state index in [-0.39, 0.29) is 18.0 Å². The Bertz CT molecular complexity index is 650. The lowest BCUT2D eigenvalue weighted by Crippen LogP contribution is -2.39. The summed E-state index contributed by atoms with van der Waals surface area (Å²) in [5, 5.41) is 20.0. The van der Waals surface area contributed by atoms with E-state index >= 15 is 0 Å². The molecule has 0 aromatic heterocycles. The van der Waals surface area contributed by atoms with Crippen LogP contribution >= 0.6 is 0 Å². The number of carbonyl (C=O) groups is 1. The quantitative estimate of drug-likeness (QED) is 0.820.